The van der Waals surface area contributed by atoms with E-state index in [-0.39, 0.29) is 16.9 Å². The van der Waals surface area contributed by atoms with Crippen molar-refractivity contribution >= 4 is 15.8 Å². The number of benzene rings is 1. The summed E-state index contributed by atoms with van der Waals surface area (Å²) >= 11 is 0. The first-order valence-corrected chi connectivity index (χ1v) is 6.45. The van der Waals surface area contributed by atoms with Gasteiger partial charge in [-0.3, -0.25) is 0 Å². The Morgan fingerprint density at radius 2 is 2.06 bits per heavy atom. The van der Waals surface area contributed by atoms with Gasteiger partial charge < -0.3 is 5.11 Å². The summed E-state index contributed by atoms with van der Waals surface area (Å²) < 4.78 is 24.1. The van der Waals surface area contributed by atoms with Gasteiger partial charge >= 0.3 is 5.97 Å². The maximum atomic E-state index is 12.0. The third-order valence-electron chi connectivity index (χ3n) is 2.31. The number of nitrogens with zero attached hydrogens (tertiary/aromatic N) is 1. The molecule has 0 fully saturated rings. The molecule has 0 aromatic heterocycles. The molecule has 17 heavy (non-hydrogen) atoms. The minimum absolute atomic E-state index is 0.118. The molecule has 0 amide bonds. The van der Waals surface area contributed by atoms with Gasteiger partial charge in [0.2, 0.25) is 0 Å². The van der Waals surface area contributed by atoms with Crippen molar-refractivity contribution in [1.82, 2.24) is 0 Å². The van der Waals surface area contributed by atoms with Crippen molar-refractivity contribution in [1.29, 1.82) is 5.26 Å². The first-order valence-electron chi connectivity index (χ1n) is 4.91. The van der Waals surface area contributed by atoms with Crippen LogP contribution in [0.4, 0.5) is 0 Å². The van der Waals surface area contributed by atoms with Crippen molar-refractivity contribution in [2.75, 3.05) is 0 Å². The molecule has 0 saturated heterocycles. The normalized spacial score (nSPS) is 12.7. The highest BCUT2D eigenvalue weighted by Crippen LogP contribution is 2.22. The Morgan fingerprint density at radius 3 is 2.53 bits per heavy atom. The standard InChI is InChI=1S/C11H11NO4S/c1-2-8(7-12)17(15,16)10-6-4-3-5-9(10)11(13)14/h3-6,8H,2H2,1H3,(H,13,14). The number of carboxylic acids is 1. The van der Waals surface area contributed by atoms with Gasteiger partial charge in [0.05, 0.1) is 16.5 Å². The Balaban J connectivity index is 3.45. The average Bonchev–Trinajstić information content (AvgIpc) is 2.30. The van der Waals surface area contributed by atoms with Crippen molar-refractivity contribution in [2.45, 2.75) is 23.5 Å². The van der Waals surface area contributed by atoms with Crippen molar-refractivity contribution in [3.8, 4) is 6.07 Å². The van der Waals surface area contributed by atoms with Gasteiger partial charge in [-0.15, -0.1) is 0 Å². The minimum Gasteiger partial charge on any atom is -0.478 e. The zero-order valence-electron chi connectivity index (χ0n) is 9.12. The molecule has 1 unspecified atom stereocenters. The molecule has 1 N–H and O–H groups in total. The molecule has 1 aromatic carbocycles. The summed E-state index contributed by atoms with van der Waals surface area (Å²) in [6, 6.07) is 6.96. The first kappa shape index (κ1) is 13.2. The third kappa shape index (κ3) is 2.45. The van der Waals surface area contributed by atoms with E-state index < -0.39 is 21.1 Å². The van der Waals surface area contributed by atoms with Gasteiger partial charge in [0.1, 0.15) is 0 Å². The Labute approximate surface area is 99.2 Å². The van der Waals surface area contributed by atoms with Crippen molar-refractivity contribution in [3.63, 3.8) is 0 Å². The summed E-state index contributed by atoms with van der Waals surface area (Å²) in [5, 5.41) is 16.5. The second-order valence-electron chi connectivity index (χ2n) is 3.37. The molecule has 0 aliphatic rings. The van der Waals surface area contributed by atoms with Crippen LogP contribution < -0.4 is 0 Å². The zero-order chi connectivity index (χ0) is 13.1. The summed E-state index contributed by atoms with van der Waals surface area (Å²) in [5.41, 5.74) is -0.304. The number of aromatic carboxylic acids is 1. The monoisotopic (exact) mass is 253 g/mol. The van der Waals surface area contributed by atoms with Crippen molar-refractivity contribution in [3.05, 3.63) is 29.8 Å². The Hall–Kier alpha value is -1.87. The van der Waals surface area contributed by atoms with Crippen LogP contribution in [0.5, 0.6) is 0 Å². The number of hydrogen-bond donors (Lipinski definition) is 1. The molecule has 1 atom stereocenters. The van der Waals surface area contributed by atoms with E-state index >= 15 is 0 Å². The van der Waals surface area contributed by atoms with Crippen LogP contribution in [0, 0.1) is 11.3 Å². The summed E-state index contributed by atoms with van der Waals surface area (Å²) in [6.45, 7) is 1.56. The lowest BCUT2D eigenvalue weighted by atomic mass is 10.2. The lowest BCUT2D eigenvalue weighted by Gasteiger charge is -2.10. The quantitative estimate of drug-likeness (QED) is 0.876. The highest BCUT2D eigenvalue weighted by Gasteiger charge is 2.29. The maximum Gasteiger partial charge on any atom is 0.337 e. The summed E-state index contributed by atoms with van der Waals surface area (Å²) in [4.78, 5) is 10.6. The van der Waals surface area contributed by atoms with Crippen LogP contribution in [-0.2, 0) is 9.84 Å². The Morgan fingerprint density at radius 1 is 1.47 bits per heavy atom. The highest BCUT2D eigenvalue weighted by molar-refractivity contribution is 7.92. The molecule has 0 radical (unpaired) electrons. The Kier molecular flexibility index (Phi) is 3.86. The summed E-state index contributed by atoms with van der Waals surface area (Å²) in [5.74, 6) is -1.32. The SMILES string of the molecule is CCC(C#N)S(=O)(=O)c1ccccc1C(=O)O. The van der Waals surface area contributed by atoms with E-state index in [1.165, 1.54) is 24.3 Å². The fourth-order valence-corrected chi connectivity index (χ4v) is 3.04. The second kappa shape index (κ2) is 4.97. The third-order valence-corrected chi connectivity index (χ3v) is 4.47. The molecule has 1 rings (SSSR count). The van der Waals surface area contributed by atoms with E-state index in [4.69, 9.17) is 10.4 Å². The van der Waals surface area contributed by atoms with Gasteiger partial charge in [0, 0.05) is 0 Å². The number of carboxylic acid groups (broad SMARTS) is 1. The van der Waals surface area contributed by atoms with Crippen LogP contribution in [0.25, 0.3) is 0 Å². The molecule has 1 aromatic rings. The molecule has 0 aliphatic heterocycles. The average molecular weight is 253 g/mol. The molecule has 90 valence electrons. The van der Waals surface area contributed by atoms with Crippen molar-refractivity contribution < 1.29 is 18.3 Å². The lowest BCUT2D eigenvalue weighted by Crippen LogP contribution is -2.21. The fourth-order valence-electron chi connectivity index (χ4n) is 1.42. The van der Waals surface area contributed by atoms with Crippen LogP contribution in [0.2, 0.25) is 0 Å². The van der Waals surface area contributed by atoms with E-state index in [9.17, 15) is 13.2 Å². The fraction of sp³-hybridized carbons (Fsp3) is 0.273. The molecular weight excluding hydrogens is 242 g/mol. The maximum absolute atomic E-state index is 12.0. The molecule has 6 heteroatoms. The van der Waals surface area contributed by atoms with Crippen LogP contribution in [-0.4, -0.2) is 24.7 Å². The van der Waals surface area contributed by atoms with Gasteiger partial charge in [-0.2, -0.15) is 5.26 Å². The molecule has 0 aliphatic carbocycles. The van der Waals surface area contributed by atoms with E-state index in [1.54, 1.807) is 13.0 Å². The van der Waals surface area contributed by atoms with E-state index in [1.807, 2.05) is 0 Å². The molecular formula is C11H11NO4S. The predicted octanol–water partition coefficient (Wildman–Crippen LogP) is 1.46. The summed E-state index contributed by atoms with van der Waals surface area (Å²) in [7, 11) is -3.92. The second-order valence-corrected chi connectivity index (χ2v) is 5.47. The van der Waals surface area contributed by atoms with E-state index in [0.29, 0.717) is 0 Å². The van der Waals surface area contributed by atoms with Gasteiger partial charge in [0.15, 0.2) is 15.1 Å². The topological polar surface area (TPSA) is 95.2 Å². The smallest absolute Gasteiger partial charge is 0.337 e. The molecule has 5 nitrogen and oxygen atoms in total. The Bertz CT molecular complexity index is 571. The van der Waals surface area contributed by atoms with Crippen LogP contribution in [0.1, 0.15) is 23.7 Å². The number of rotatable bonds is 4. The zero-order valence-corrected chi connectivity index (χ0v) is 9.94. The minimum atomic E-state index is -3.92. The molecule has 0 heterocycles. The van der Waals surface area contributed by atoms with Crippen molar-refractivity contribution in [2.24, 2.45) is 0 Å². The molecule has 0 spiro atoms. The van der Waals surface area contributed by atoms with Crippen LogP contribution in [0.3, 0.4) is 0 Å². The van der Waals surface area contributed by atoms with E-state index in [2.05, 4.69) is 0 Å². The van der Waals surface area contributed by atoms with E-state index in [0.717, 1.165) is 0 Å². The predicted molar refractivity (Wildman–Crippen MR) is 60.3 cm³/mol. The van der Waals surface area contributed by atoms with Gasteiger partial charge in [0.25, 0.3) is 0 Å². The first-order chi connectivity index (χ1) is 7.95. The van der Waals surface area contributed by atoms with Gasteiger partial charge in [-0.05, 0) is 18.6 Å². The number of carbonyl (C=O) groups is 1. The number of hydrogen-bond acceptors (Lipinski definition) is 4. The molecule has 0 bridgehead atoms. The van der Waals surface area contributed by atoms with Crippen LogP contribution >= 0.6 is 0 Å². The van der Waals surface area contributed by atoms with Crippen LogP contribution in [0.15, 0.2) is 29.2 Å². The number of nitriles is 1. The number of sulfone groups is 1. The largest absolute Gasteiger partial charge is 0.478 e. The lowest BCUT2D eigenvalue weighted by molar-refractivity contribution is 0.0692. The molecule has 0 saturated carbocycles. The summed E-state index contributed by atoms with van der Waals surface area (Å²) in [6.07, 6.45) is 0.118. The van der Waals surface area contributed by atoms with Gasteiger partial charge in [-0.25, -0.2) is 13.2 Å². The highest BCUT2D eigenvalue weighted by atomic mass is 32.2. The van der Waals surface area contributed by atoms with Gasteiger partial charge in [-0.1, -0.05) is 19.1 Å².